The molecule has 0 heterocycles. The minimum absolute atomic E-state index is 0. The van der Waals surface area contributed by atoms with Crippen molar-refractivity contribution in [3.8, 4) is 9.94 Å². The van der Waals surface area contributed by atoms with E-state index in [-0.39, 0.29) is 19.5 Å². The van der Waals surface area contributed by atoms with E-state index in [9.17, 15) is 0 Å². The van der Waals surface area contributed by atoms with Gasteiger partial charge in [-0.2, -0.15) is 0 Å². The Hall–Kier alpha value is 0.123. The van der Waals surface area contributed by atoms with Crippen LogP contribution >= 0.6 is 0 Å². The second-order valence-corrected chi connectivity index (χ2v) is 0.867. The SMILES string of the molecule is N#[C][Cu][C]#N.[Zn]. The van der Waals surface area contributed by atoms with Gasteiger partial charge in [-0.15, -0.1) is 0 Å². The van der Waals surface area contributed by atoms with Crippen molar-refractivity contribution in [2.24, 2.45) is 0 Å². The van der Waals surface area contributed by atoms with E-state index in [1.54, 1.807) is 9.94 Å². The molecular weight excluding hydrogens is 181 g/mol. The summed E-state index contributed by atoms with van der Waals surface area (Å²) < 4.78 is 0. The third-order valence-corrected chi connectivity index (χ3v) is 0.278. The monoisotopic (exact) mass is 179 g/mol. The normalized spacial score (nSPS) is 4.33. The first-order valence-corrected chi connectivity index (χ1v) is 1.69. The molecule has 0 unspecified atom stereocenters. The van der Waals surface area contributed by atoms with Crippen LogP contribution in [0, 0.1) is 20.5 Å². The molecule has 0 fully saturated rings. The van der Waals surface area contributed by atoms with Gasteiger partial charge in [-0.25, -0.2) is 0 Å². The van der Waals surface area contributed by atoms with Gasteiger partial charge in [-0.3, -0.25) is 0 Å². The van der Waals surface area contributed by atoms with E-state index >= 15 is 0 Å². The van der Waals surface area contributed by atoms with E-state index in [0.717, 1.165) is 0 Å². The Balaban J connectivity index is 0. The molecule has 6 heavy (non-hydrogen) atoms. The average Bonchev–Trinajstić information content (AvgIpc) is 1.41. The largest absolute Gasteiger partial charge is 0 e. The van der Waals surface area contributed by atoms with Gasteiger partial charge in [0.05, 0.1) is 0 Å². The van der Waals surface area contributed by atoms with Crippen molar-refractivity contribution >= 4 is 0 Å². The molecule has 0 aromatic carbocycles. The van der Waals surface area contributed by atoms with Crippen LogP contribution in [0.25, 0.3) is 0 Å². The van der Waals surface area contributed by atoms with Crippen LogP contribution in [0.15, 0.2) is 0 Å². The van der Waals surface area contributed by atoms with Crippen molar-refractivity contribution in [3.63, 3.8) is 0 Å². The van der Waals surface area contributed by atoms with E-state index in [2.05, 4.69) is 0 Å². The second kappa shape index (κ2) is 8.93. The first-order chi connectivity index (χ1) is 2.41. The molecule has 2 nitrogen and oxygen atoms in total. The Morgan fingerprint density at radius 3 is 1.50 bits per heavy atom. The molecule has 0 aliphatic rings. The van der Waals surface area contributed by atoms with Gasteiger partial charge < -0.3 is 0 Å². The maximum absolute atomic E-state index is 7.55. The standard InChI is InChI=1S/2CN.Cu.Zn/c2*1-2;;. The maximum atomic E-state index is 7.55. The molecule has 0 saturated heterocycles. The zero-order valence-corrected chi connectivity index (χ0v) is 6.81. The summed E-state index contributed by atoms with van der Waals surface area (Å²) >= 11 is 0.646. The number of hydrogen-bond acceptors (Lipinski definition) is 2. The topological polar surface area (TPSA) is 47.6 Å². The van der Waals surface area contributed by atoms with Gasteiger partial charge in [0.15, 0.2) is 0 Å². The zero-order chi connectivity index (χ0) is 4.12. The zero-order valence-electron chi connectivity index (χ0n) is 2.90. The van der Waals surface area contributed by atoms with Crippen LogP contribution in [0.3, 0.4) is 0 Å². The fourth-order valence-electron chi connectivity index (χ4n) is 0.0151. The number of rotatable bonds is 0. The fourth-order valence-corrected chi connectivity index (χ4v) is 0.0622. The molecule has 0 aromatic heterocycles. The molecule has 0 bridgehead atoms. The Kier molecular flexibility index (Phi) is 14.1. The van der Waals surface area contributed by atoms with Crippen LogP contribution in [-0.2, 0) is 34.4 Å². The van der Waals surface area contributed by atoms with Gasteiger partial charge in [-0.05, 0) is 0 Å². The van der Waals surface area contributed by atoms with E-state index in [0.29, 0.717) is 15.0 Å². The Bertz CT molecular complexity index is 76.7. The molecule has 0 aliphatic carbocycles. The van der Waals surface area contributed by atoms with Gasteiger partial charge in [0.25, 0.3) is 0 Å². The molecule has 0 atom stereocenters. The molecule has 0 aliphatic heterocycles. The summed E-state index contributed by atoms with van der Waals surface area (Å²) in [6, 6.07) is 0. The molecule has 0 radical (unpaired) electrons. The van der Waals surface area contributed by atoms with E-state index < -0.39 is 0 Å². The minimum atomic E-state index is 0. The van der Waals surface area contributed by atoms with Gasteiger partial charge in [0, 0.05) is 19.5 Å². The summed E-state index contributed by atoms with van der Waals surface area (Å²) in [6.07, 6.45) is 0. The van der Waals surface area contributed by atoms with Crippen LogP contribution in [0.4, 0.5) is 0 Å². The van der Waals surface area contributed by atoms with Crippen LogP contribution in [-0.4, -0.2) is 0 Å². The minimum Gasteiger partial charge on any atom is 0 e. The van der Waals surface area contributed by atoms with E-state index in [4.69, 9.17) is 10.5 Å². The van der Waals surface area contributed by atoms with Crippen LogP contribution in [0.5, 0.6) is 0 Å². The molecule has 4 heteroatoms. The molecule has 0 spiro atoms. The summed E-state index contributed by atoms with van der Waals surface area (Å²) in [6.45, 7) is 0. The van der Waals surface area contributed by atoms with Gasteiger partial charge in [-0.1, -0.05) is 0 Å². The smallest absolute Gasteiger partial charge is 0 e. The summed E-state index contributed by atoms with van der Waals surface area (Å²) in [4.78, 5) is 3.12. The van der Waals surface area contributed by atoms with Crippen molar-refractivity contribution in [3.05, 3.63) is 0 Å². The van der Waals surface area contributed by atoms with Gasteiger partial charge >= 0.3 is 35.4 Å². The molecule has 0 aromatic rings. The van der Waals surface area contributed by atoms with Crippen molar-refractivity contribution in [1.29, 1.82) is 10.5 Å². The van der Waals surface area contributed by atoms with Crippen molar-refractivity contribution in [2.45, 2.75) is 0 Å². The number of hydrogen-bond donors (Lipinski definition) is 0. The quantitative estimate of drug-likeness (QED) is 0.495. The first-order valence-electron chi connectivity index (χ1n) is 0.749. The van der Waals surface area contributed by atoms with Gasteiger partial charge in [0.1, 0.15) is 0 Å². The molecule has 0 amide bonds. The van der Waals surface area contributed by atoms with Crippen molar-refractivity contribution in [2.75, 3.05) is 0 Å². The molecule has 0 rings (SSSR count). The van der Waals surface area contributed by atoms with Crippen molar-refractivity contribution < 1.29 is 34.4 Å². The van der Waals surface area contributed by atoms with Crippen molar-refractivity contribution in [1.82, 2.24) is 0 Å². The third kappa shape index (κ3) is 8.92. The molecule has 31 valence electrons. The maximum Gasteiger partial charge on any atom is 0 e. The Labute approximate surface area is 55.1 Å². The summed E-state index contributed by atoms with van der Waals surface area (Å²) in [5.41, 5.74) is 0. The van der Waals surface area contributed by atoms with E-state index in [1.165, 1.54) is 0 Å². The first kappa shape index (κ1) is 9.45. The summed E-state index contributed by atoms with van der Waals surface area (Å²) in [7, 11) is 0. The van der Waals surface area contributed by atoms with Crippen LogP contribution in [0.1, 0.15) is 0 Å². The van der Waals surface area contributed by atoms with Crippen LogP contribution < -0.4 is 0 Å². The van der Waals surface area contributed by atoms with Gasteiger partial charge in [0.2, 0.25) is 0 Å². The third-order valence-electron chi connectivity index (χ3n) is 0.0674. The second-order valence-electron chi connectivity index (χ2n) is 0.210. The Morgan fingerprint density at radius 2 is 1.50 bits per heavy atom. The van der Waals surface area contributed by atoms with E-state index in [1.807, 2.05) is 0 Å². The number of nitriles is 2. The molecule has 0 saturated carbocycles. The number of nitrogens with zero attached hydrogens (tertiary/aromatic N) is 2. The predicted molar refractivity (Wildman–Crippen MR) is 11.2 cm³/mol. The predicted octanol–water partition coefficient (Wildman–Crippen LogP) is 0.0286. The summed E-state index contributed by atoms with van der Waals surface area (Å²) in [5, 5.41) is 15.1. The molecular formula is C2CuN2Zn. The fraction of sp³-hybridized carbons (Fsp3) is 0. The Morgan fingerprint density at radius 1 is 1.17 bits per heavy atom. The average molecular weight is 181 g/mol. The summed E-state index contributed by atoms with van der Waals surface area (Å²) in [5.74, 6) is 0. The van der Waals surface area contributed by atoms with Crippen LogP contribution in [0.2, 0.25) is 0 Å². The molecule has 0 N–H and O–H groups in total.